The van der Waals surface area contributed by atoms with Crippen molar-refractivity contribution < 1.29 is 4.39 Å². The van der Waals surface area contributed by atoms with E-state index >= 15 is 0 Å². The van der Waals surface area contributed by atoms with Gasteiger partial charge in [0.25, 0.3) is 0 Å². The van der Waals surface area contributed by atoms with E-state index in [1.807, 2.05) is 19.1 Å². The minimum Gasteiger partial charge on any atom is -0.358 e. The molecule has 2 nitrogen and oxygen atoms in total. The van der Waals surface area contributed by atoms with E-state index in [4.69, 9.17) is 0 Å². The van der Waals surface area contributed by atoms with E-state index in [0.29, 0.717) is 17.5 Å². The van der Waals surface area contributed by atoms with Crippen LogP contribution >= 0.6 is 11.8 Å². The maximum Gasteiger partial charge on any atom is 0.157 e. The number of halogens is 1. The first-order valence-corrected chi connectivity index (χ1v) is 7.28. The Balaban J connectivity index is 2.03. The van der Waals surface area contributed by atoms with Gasteiger partial charge in [0, 0.05) is 11.3 Å². The summed E-state index contributed by atoms with van der Waals surface area (Å²) in [5.74, 6) is 1.41. The molecular formula is C14H19FN2S. The fourth-order valence-corrected chi connectivity index (χ4v) is 3.16. The Morgan fingerprint density at radius 1 is 1.33 bits per heavy atom. The average Bonchev–Trinajstić information content (AvgIpc) is 2.78. The Morgan fingerprint density at radius 2 is 2.06 bits per heavy atom. The molecule has 0 radical (unpaired) electrons. The zero-order valence-corrected chi connectivity index (χ0v) is 11.8. The van der Waals surface area contributed by atoms with E-state index < -0.39 is 0 Å². The van der Waals surface area contributed by atoms with E-state index in [1.54, 1.807) is 17.8 Å². The molecule has 1 aromatic rings. The van der Waals surface area contributed by atoms with Crippen LogP contribution in [0.5, 0.6) is 0 Å². The van der Waals surface area contributed by atoms with Crippen molar-refractivity contribution in [3.8, 4) is 0 Å². The molecule has 1 unspecified atom stereocenters. The number of hydrogen-bond donors (Lipinski definition) is 1. The lowest BCUT2D eigenvalue weighted by molar-refractivity contribution is 0.540. The molecule has 1 heterocycles. The van der Waals surface area contributed by atoms with E-state index in [1.165, 1.54) is 6.07 Å². The SMILES string of the molecule is CC(NC1=N[C@@H](C(C)C)CS1)c1ccccc1F. The third-order valence-corrected chi connectivity index (χ3v) is 4.16. The summed E-state index contributed by atoms with van der Waals surface area (Å²) in [5, 5.41) is 4.23. The van der Waals surface area contributed by atoms with Crippen molar-refractivity contribution in [1.82, 2.24) is 5.32 Å². The highest BCUT2D eigenvalue weighted by molar-refractivity contribution is 8.14. The first-order valence-electron chi connectivity index (χ1n) is 6.29. The second-order valence-electron chi connectivity index (χ2n) is 4.94. The molecule has 0 bridgehead atoms. The molecule has 0 fully saturated rings. The lowest BCUT2D eigenvalue weighted by Crippen LogP contribution is -2.24. The fourth-order valence-electron chi connectivity index (χ4n) is 1.90. The minimum absolute atomic E-state index is 0.0524. The monoisotopic (exact) mass is 266 g/mol. The highest BCUT2D eigenvalue weighted by Gasteiger charge is 2.22. The molecule has 0 saturated heterocycles. The van der Waals surface area contributed by atoms with Gasteiger partial charge in [-0.25, -0.2) is 4.39 Å². The zero-order chi connectivity index (χ0) is 13.1. The molecule has 98 valence electrons. The predicted octanol–water partition coefficient (Wildman–Crippen LogP) is 3.60. The van der Waals surface area contributed by atoms with E-state index in [9.17, 15) is 4.39 Å². The number of thioether (sulfide) groups is 1. The van der Waals surface area contributed by atoms with Crippen LogP contribution in [0.1, 0.15) is 32.4 Å². The van der Waals surface area contributed by atoms with Crippen molar-refractivity contribution in [1.29, 1.82) is 0 Å². The molecule has 18 heavy (non-hydrogen) atoms. The molecule has 2 rings (SSSR count). The van der Waals surface area contributed by atoms with Gasteiger partial charge in [0.1, 0.15) is 5.82 Å². The second kappa shape index (κ2) is 5.74. The Labute approximate surface area is 112 Å². The third-order valence-electron chi connectivity index (χ3n) is 3.16. The van der Waals surface area contributed by atoms with Crippen molar-refractivity contribution in [3.63, 3.8) is 0 Å². The number of nitrogens with zero attached hydrogens (tertiary/aromatic N) is 1. The van der Waals surface area contributed by atoms with Crippen LogP contribution in [-0.4, -0.2) is 17.0 Å². The molecule has 1 N–H and O–H groups in total. The van der Waals surface area contributed by atoms with Crippen LogP contribution in [0, 0.1) is 11.7 Å². The molecule has 1 aliphatic heterocycles. The van der Waals surface area contributed by atoms with Crippen molar-refractivity contribution in [3.05, 3.63) is 35.6 Å². The summed E-state index contributed by atoms with van der Waals surface area (Å²) >= 11 is 1.72. The highest BCUT2D eigenvalue weighted by Crippen LogP contribution is 2.24. The number of amidine groups is 1. The Morgan fingerprint density at radius 3 is 2.67 bits per heavy atom. The van der Waals surface area contributed by atoms with Crippen molar-refractivity contribution in [2.45, 2.75) is 32.9 Å². The van der Waals surface area contributed by atoms with Crippen molar-refractivity contribution >= 4 is 16.9 Å². The molecule has 2 atom stereocenters. The lowest BCUT2D eigenvalue weighted by Gasteiger charge is -2.15. The molecule has 0 amide bonds. The van der Waals surface area contributed by atoms with Crippen LogP contribution in [0.2, 0.25) is 0 Å². The van der Waals surface area contributed by atoms with Gasteiger partial charge in [0.2, 0.25) is 0 Å². The van der Waals surface area contributed by atoms with Gasteiger partial charge in [-0.3, -0.25) is 4.99 Å². The molecule has 1 aromatic carbocycles. The van der Waals surface area contributed by atoms with Gasteiger partial charge in [-0.1, -0.05) is 43.8 Å². The van der Waals surface area contributed by atoms with Crippen molar-refractivity contribution in [2.75, 3.05) is 5.75 Å². The maximum absolute atomic E-state index is 13.6. The first kappa shape index (κ1) is 13.4. The minimum atomic E-state index is -0.165. The topological polar surface area (TPSA) is 24.4 Å². The first-order chi connectivity index (χ1) is 8.58. The number of aliphatic imine (C=N–C) groups is 1. The standard InChI is InChI=1S/C14H19FN2S/c1-9(2)13-8-18-14(17-13)16-10(3)11-6-4-5-7-12(11)15/h4-7,9-10,13H,8H2,1-3H3,(H,16,17)/t10?,13-/m1/s1. The number of rotatable bonds is 3. The van der Waals surface area contributed by atoms with Crippen LogP contribution in [0.4, 0.5) is 4.39 Å². The number of nitrogens with one attached hydrogen (secondary N) is 1. The second-order valence-corrected chi connectivity index (χ2v) is 5.95. The summed E-state index contributed by atoms with van der Waals surface area (Å²) in [4.78, 5) is 4.63. The van der Waals surface area contributed by atoms with Gasteiger partial charge in [-0.2, -0.15) is 0 Å². The average molecular weight is 266 g/mol. The van der Waals surface area contributed by atoms with E-state index in [0.717, 1.165) is 10.9 Å². The maximum atomic E-state index is 13.6. The number of hydrogen-bond acceptors (Lipinski definition) is 3. The summed E-state index contributed by atoms with van der Waals surface area (Å²) in [5.41, 5.74) is 0.689. The van der Waals surface area contributed by atoms with E-state index in [2.05, 4.69) is 24.2 Å². The van der Waals surface area contributed by atoms with Gasteiger partial charge in [0.15, 0.2) is 5.17 Å². The summed E-state index contributed by atoms with van der Waals surface area (Å²) in [7, 11) is 0. The molecule has 0 aromatic heterocycles. The molecular weight excluding hydrogens is 247 g/mol. The molecule has 0 aliphatic carbocycles. The largest absolute Gasteiger partial charge is 0.358 e. The number of benzene rings is 1. The lowest BCUT2D eigenvalue weighted by atomic mass is 10.1. The highest BCUT2D eigenvalue weighted by atomic mass is 32.2. The molecule has 0 spiro atoms. The van der Waals surface area contributed by atoms with Gasteiger partial charge in [-0.15, -0.1) is 0 Å². The van der Waals surface area contributed by atoms with Crippen LogP contribution in [0.3, 0.4) is 0 Å². The Bertz CT molecular complexity index is 445. The van der Waals surface area contributed by atoms with Gasteiger partial charge in [-0.05, 0) is 18.9 Å². The van der Waals surface area contributed by atoms with Crippen LogP contribution in [0.25, 0.3) is 0 Å². The molecule has 4 heteroatoms. The normalized spacial score (nSPS) is 20.9. The third kappa shape index (κ3) is 3.05. The summed E-state index contributed by atoms with van der Waals surface area (Å²) in [6, 6.07) is 7.20. The van der Waals surface area contributed by atoms with Gasteiger partial charge in [0.05, 0.1) is 12.1 Å². The summed E-state index contributed by atoms with van der Waals surface area (Å²) in [6.45, 7) is 6.32. The molecule has 0 saturated carbocycles. The summed E-state index contributed by atoms with van der Waals surface area (Å²) < 4.78 is 13.6. The van der Waals surface area contributed by atoms with Gasteiger partial charge >= 0.3 is 0 Å². The zero-order valence-electron chi connectivity index (χ0n) is 11.0. The Hall–Kier alpha value is -1.03. The predicted molar refractivity (Wildman–Crippen MR) is 76.5 cm³/mol. The van der Waals surface area contributed by atoms with Crippen LogP contribution < -0.4 is 5.32 Å². The summed E-state index contributed by atoms with van der Waals surface area (Å²) in [6.07, 6.45) is 0. The quantitative estimate of drug-likeness (QED) is 0.904. The Kier molecular flexibility index (Phi) is 4.27. The van der Waals surface area contributed by atoms with Crippen molar-refractivity contribution in [2.24, 2.45) is 10.9 Å². The van der Waals surface area contributed by atoms with Crippen LogP contribution in [-0.2, 0) is 0 Å². The molecule has 1 aliphatic rings. The fraction of sp³-hybridized carbons (Fsp3) is 0.500. The van der Waals surface area contributed by atoms with Crippen LogP contribution in [0.15, 0.2) is 29.3 Å². The smallest absolute Gasteiger partial charge is 0.157 e. The van der Waals surface area contributed by atoms with Gasteiger partial charge < -0.3 is 5.32 Å². The van der Waals surface area contributed by atoms with E-state index in [-0.39, 0.29) is 11.9 Å².